The molecule has 3 aromatic rings. The number of rotatable bonds is 8. The number of alkyl halides is 3. The van der Waals surface area contributed by atoms with Crippen molar-refractivity contribution in [2.75, 3.05) is 56.4 Å². The number of aliphatic hydroxyl groups excluding tert-OH is 1. The van der Waals surface area contributed by atoms with Crippen LogP contribution in [0.25, 0.3) is 0 Å². The lowest BCUT2D eigenvalue weighted by molar-refractivity contribution is -0.137. The van der Waals surface area contributed by atoms with E-state index in [2.05, 4.69) is 16.0 Å². The molecule has 0 saturated carbocycles. The molecule has 0 unspecified atom stereocenters. The number of fused-ring (bicyclic) bond motifs is 1. The molecule has 0 bridgehead atoms. The fourth-order valence-corrected chi connectivity index (χ4v) is 5.74. The second kappa shape index (κ2) is 18.6. The van der Waals surface area contributed by atoms with Crippen molar-refractivity contribution in [1.82, 2.24) is 9.80 Å². The normalized spacial score (nSPS) is 19.2. The van der Waals surface area contributed by atoms with Crippen LogP contribution >= 0.6 is 0 Å². The van der Waals surface area contributed by atoms with Crippen LogP contribution in [0.2, 0.25) is 0 Å². The third kappa shape index (κ3) is 11.7. The zero-order valence-electron chi connectivity index (χ0n) is 30.5. The molecule has 12 nitrogen and oxygen atoms in total. The van der Waals surface area contributed by atoms with Crippen LogP contribution in [-0.2, 0) is 10.9 Å². The van der Waals surface area contributed by atoms with E-state index in [-0.39, 0.29) is 54.7 Å². The first-order valence-corrected chi connectivity index (χ1v) is 17.4. The third-order valence-electron chi connectivity index (χ3n) is 8.92. The molecule has 0 spiro atoms. The number of carbonyl (C=O) groups excluding carboxylic acids is 3. The molecule has 0 aromatic heterocycles. The Morgan fingerprint density at radius 3 is 2.25 bits per heavy atom. The number of hydrogen-bond acceptors (Lipinski definition) is 7. The van der Waals surface area contributed by atoms with E-state index < -0.39 is 35.8 Å². The van der Waals surface area contributed by atoms with Gasteiger partial charge in [-0.25, -0.2) is 9.59 Å². The Bertz CT molecular complexity index is 1670. The van der Waals surface area contributed by atoms with E-state index in [0.29, 0.717) is 30.2 Å². The molecule has 288 valence electrons. The van der Waals surface area contributed by atoms with E-state index in [1.54, 1.807) is 57.5 Å². The molecule has 4 rings (SSSR count). The number of urea groups is 2. The molecular weight excluding hydrogens is 695 g/mol. The summed E-state index contributed by atoms with van der Waals surface area (Å²) in [4.78, 5) is 43.4. The highest BCUT2D eigenvalue weighted by Crippen LogP contribution is 2.31. The van der Waals surface area contributed by atoms with Crippen molar-refractivity contribution >= 4 is 35.0 Å². The molecule has 0 radical (unpaired) electrons. The number of anilines is 3. The maximum absolute atomic E-state index is 14.4. The van der Waals surface area contributed by atoms with Gasteiger partial charge in [-0.15, -0.1) is 0 Å². The van der Waals surface area contributed by atoms with Gasteiger partial charge in [-0.05, 0) is 99.8 Å². The minimum atomic E-state index is -4.51. The fraction of sp³-hybridized carbons (Fsp3) is 0.447. The van der Waals surface area contributed by atoms with Gasteiger partial charge in [-0.1, -0.05) is 6.92 Å². The van der Waals surface area contributed by atoms with Crippen molar-refractivity contribution < 1.29 is 46.9 Å². The molecule has 3 aromatic carbocycles. The molecule has 15 heteroatoms. The SMILES string of the molecule is COc1ccc(NC(=O)N(C)C[C@@H]2OCCCC[C@H](C)Oc3ccc(NC(=O)Nc4ccc(C(F)(F)F)cc4)cc3C(=O)N([C@@H](C)CO)C[C@H]2C)cc1. The van der Waals surface area contributed by atoms with Crippen LogP contribution in [0.3, 0.4) is 0 Å². The number of aliphatic hydroxyl groups is 1. The number of carbonyl (C=O) groups is 3. The van der Waals surface area contributed by atoms with Crippen LogP contribution in [-0.4, -0.2) is 91.6 Å². The molecule has 0 saturated heterocycles. The van der Waals surface area contributed by atoms with Crippen molar-refractivity contribution in [3.05, 3.63) is 77.9 Å². The highest BCUT2D eigenvalue weighted by molar-refractivity contribution is 6.02. The molecule has 1 aliphatic rings. The average molecular weight is 744 g/mol. The highest BCUT2D eigenvalue weighted by atomic mass is 19.4. The van der Waals surface area contributed by atoms with E-state index in [0.717, 1.165) is 37.1 Å². The Morgan fingerprint density at radius 2 is 1.60 bits per heavy atom. The van der Waals surface area contributed by atoms with E-state index in [1.165, 1.54) is 15.9 Å². The van der Waals surface area contributed by atoms with Crippen LogP contribution < -0.4 is 25.4 Å². The molecule has 4 N–H and O–H groups in total. The van der Waals surface area contributed by atoms with E-state index >= 15 is 0 Å². The summed E-state index contributed by atoms with van der Waals surface area (Å²) in [6.07, 6.45) is -3.10. The summed E-state index contributed by atoms with van der Waals surface area (Å²) in [7, 11) is 3.22. The smallest absolute Gasteiger partial charge is 0.416 e. The van der Waals surface area contributed by atoms with Crippen molar-refractivity contribution in [3.63, 3.8) is 0 Å². The Hall–Kier alpha value is -5.02. The third-order valence-corrected chi connectivity index (χ3v) is 8.92. The van der Waals surface area contributed by atoms with Gasteiger partial charge in [0.05, 0.1) is 43.1 Å². The topological polar surface area (TPSA) is 142 Å². The lowest BCUT2D eigenvalue weighted by Gasteiger charge is -2.35. The maximum atomic E-state index is 14.4. The summed E-state index contributed by atoms with van der Waals surface area (Å²) in [5.74, 6) is 0.187. The van der Waals surface area contributed by atoms with Gasteiger partial charge in [0.15, 0.2) is 0 Å². The van der Waals surface area contributed by atoms with Crippen LogP contribution in [0.4, 0.5) is 39.8 Å². The van der Waals surface area contributed by atoms with Crippen LogP contribution in [0.5, 0.6) is 11.5 Å². The first-order valence-electron chi connectivity index (χ1n) is 17.4. The van der Waals surface area contributed by atoms with Gasteiger partial charge in [-0.2, -0.15) is 13.2 Å². The zero-order chi connectivity index (χ0) is 38.7. The van der Waals surface area contributed by atoms with E-state index in [4.69, 9.17) is 14.2 Å². The lowest BCUT2D eigenvalue weighted by Crippen LogP contribution is -2.48. The van der Waals surface area contributed by atoms with Gasteiger partial charge in [0.25, 0.3) is 5.91 Å². The van der Waals surface area contributed by atoms with Gasteiger partial charge in [-0.3, -0.25) is 4.79 Å². The van der Waals surface area contributed by atoms with Gasteiger partial charge in [0.1, 0.15) is 11.5 Å². The number of likely N-dealkylation sites (N-methyl/N-ethyl adjacent to an activating group) is 1. The molecule has 0 aliphatic carbocycles. The van der Waals surface area contributed by atoms with Crippen LogP contribution in [0.1, 0.15) is 56.0 Å². The average Bonchev–Trinajstić information content (AvgIpc) is 3.12. The minimum absolute atomic E-state index is 0.139. The molecular formula is C38H48F3N5O7. The molecule has 1 heterocycles. The summed E-state index contributed by atoms with van der Waals surface area (Å²) in [5.41, 5.74) is 0.256. The standard InChI is InChI=1S/C38H48F3N5O7/c1-24-21-46(25(2)23-47)35(48)32-20-30(43-36(49)42-28-11-9-27(10-12-28)38(39,40)41)15-18-33(32)53-26(3)8-6-7-19-52-34(24)22-45(4)37(50)44-29-13-16-31(51-5)17-14-29/h9-18,20,24-26,34,47H,6-8,19,21-23H2,1-5H3,(H,44,50)(H2,42,43,49)/t24-,25+,26+,34+/m1/s1. The first-order chi connectivity index (χ1) is 25.2. The quantitative estimate of drug-likeness (QED) is 0.190. The fourth-order valence-electron chi connectivity index (χ4n) is 5.74. The lowest BCUT2D eigenvalue weighted by atomic mass is 10.0. The number of ether oxygens (including phenoxy) is 3. The van der Waals surface area contributed by atoms with Crippen molar-refractivity contribution in [2.24, 2.45) is 5.92 Å². The second-order valence-corrected chi connectivity index (χ2v) is 13.2. The molecule has 1 aliphatic heterocycles. The Labute approximate surface area is 307 Å². The van der Waals surface area contributed by atoms with Crippen molar-refractivity contribution in [3.8, 4) is 11.5 Å². The predicted octanol–water partition coefficient (Wildman–Crippen LogP) is 7.32. The summed E-state index contributed by atoms with van der Waals surface area (Å²) in [5, 5.41) is 18.2. The number of hydrogen-bond donors (Lipinski definition) is 4. The van der Waals surface area contributed by atoms with Gasteiger partial charge in [0, 0.05) is 49.7 Å². The predicted molar refractivity (Wildman–Crippen MR) is 196 cm³/mol. The second-order valence-electron chi connectivity index (χ2n) is 13.2. The van der Waals surface area contributed by atoms with Crippen LogP contribution in [0.15, 0.2) is 66.7 Å². The molecule has 53 heavy (non-hydrogen) atoms. The number of nitrogens with one attached hydrogen (secondary N) is 3. The summed E-state index contributed by atoms with van der Waals surface area (Å²) < 4.78 is 56.7. The van der Waals surface area contributed by atoms with Gasteiger partial charge < -0.3 is 45.1 Å². The first kappa shape index (κ1) is 40.7. The Kier molecular flexibility index (Phi) is 14.3. The Morgan fingerprint density at radius 1 is 0.981 bits per heavy atom. The van der Waals surface area contributed by atoms with Gasteiger partial charge in [0.2, 0.25) is 0 Å². The molecule has 4 atom stereocenters. The number of methoxy groups -OCH3 is 1. The summed E-state index contributed by atoms with van der Waals surface area (Å²) in [6.45, 7) is 5.98. The molecule has 5 amide bonds. The van der Waals surface area contributed by atoms with Gasteiger partial charge >= 0.3 is 18.2 Å². The Balaban J connectivity index is 1.55. The van der Waals surface area contributed by atoms with E-state index in [9.17, 15) is 32.7 Å². The summed E-state index contributed by atoms with van der Waals surface area (Å²) >= 11 is 0. The largest absolute Gasteiger partial charge is 0.497 e. The number of benzene rings is 3. The van der Waals surface area contributed by atoms with Crippen LogP contribution in [0, 0.1) is 5.92 Å². The molecule has 0 fully saturated rings. The highest BCUT2D eigenvalue weighted by Gasteiger charge is 2.32. The number of amides is 5. The maximum Gasteiger partial charge on any atom is 0.416 e. The number of nitrogens with zero attached hydrogens (tertiary/aromatic N) is 2. The van der Waals surface area contributed by atoms with Crippen molar-refractivity contribution in [1.29, 1.82) is 0 Å². The zero-order valence-corrected chi connectivity index (χ0v) is 30.5. The van der Waals surface area contributed by atoms with Crippen molar-refractivity contribution in [2.45, 2.75) is 64.5 Å². The number of halogens is 3. The minimum Gasteiger partial charge on any atom is -0.497 e. The van der Waals surface area contributed by atoms with E-state index in [1.807, 2.05) is 13.8 Å². The monoisotopic (exact) mass is 743 g/mol. The summed E-state index contributed by atoms with van der Waals surface area (Å²) in [6, 6.07) is 13.9.